The van der Waals surface area contributed by atoms with Gasteiger partial charge in [-0.1, -0.05) is 6.07 Å². The van der Waals surface area contributed by atoms with Gasteiger partial charge in [0.1, 0.15) is 18.5 Å². The van der Waals surface area contributed by atoms with Gasteiger partial charge in [0.05, 0.1) is 12.9 Å². The highest BCUT2D eigenvalue weighted by atomic mass is 32.2. The van der Waals surface area contributed by atoms with Crippen molar-refractivity contribution in [1.82, 2.24) is 15.2 Å². The summed E-state index contributed by atoms with van der Waals surface area (Å²) in [7, 11) is 1.24. The Kier molecular flexibility index (Phi) is 5.15. The zero-order valence-electron chi connectivity index (χ0n) is 11.4. The number of esters is 1. The molecule has 1 saturated heterocycles. The number of carbonyl (C=O) groups excluding carboxylic acids is 3. The molecule has 0 spiro atoms. The first-order valence-electron chi connectivity index (χ1n) is 6.26. The average Bonchev–Trinajstić information content (AvgIpc) is 2.87. The minimum Gasteiger partial charge on any atom is -0.468 e. The van der Waals surface area contributed by atoms with Crippen molar-refractivity contribution in [3.05, 3.63) is 30.1 Å². The topological polar surface area (TPSA) is 88.6 Å². The molecule has 112 valence electrons. The lowest BCUT2D eigenvalue weighted by molar-refractivity contribution is -0.141. The van der Waals surface area contributed by atoms with E-state index in [9.17, 15) is 14.4 Å². The molecule has 0 radical (unpaired) electrons. The van der Waals surface area contributed by atoms with E-state index in [0.717, 1.165) is 5.56 Å². The van der Waals surface area contributed by atoms with Crippen LogP contribution in [0, 0.1) is 0 Å². The van der Waals surface area contributed by atoms with Gasteiger partial charge in [-0.05, 0) is 6.07 Å². The van der Waals surface area contributed by atoms with Gasteiger partial charge in [-0.25, -0.2) is 0 Å². The molecular formula is C13H15N3O4S. The van der Waals surface area contributed by atoms with Gasteiger partial charge in [-0.15, -0.1) is 11.8 Å². The predicted molar refractivity (Wildman–Crippen MR) is 76.2 cm³/mol. The van der Waals surface area contributed by atoms with Crippen LogP contribution in [0.2, 0.25) is 0 Å². The Bertz CT molecular complexity index is 537. The summed E-state index contributed by atoms with van der Waals surface area (Å²) >= 11 is 1.45. The molecule has 2 amide bonds. The van der Waals surface area contributed by atoms with Crippen molar-refractivity contribution in [2.24, 2.45) is 0 Å². The van der Waals surface area contributed by atoms with Crippen LogP contribution < -0.4 is 5.32 Å². The number of aromatic nitrogens is 1. The fourth-order valence-corrected chi connectivity index (χ4v) is 3.05. The summed E-state index contributed by atoms with van der Waals surface area (Å²) in [5.74, 6) is -0.717. The zero-order valence-corrected chi connectivity index (χ0v) is 12.3. The highest BCUT2D eigenvalue weighted by Crippen LogP contribution is 2.37. The van der Waals surface area contributed by atoms with Crippen molar-refractivity contribution in [3.63, 3.8) is 0 Å². The molecule has 2 rings (SSSR count). The van der Waals surface area contributed by atoms with Crippen LogP contribution in [0.15, 0.2) is 24.5 Å². The van der Waals surface area contributed by atoms with E-state index >= 15 is 0 Å². The van der Waals surface area contributed by atoms with Gasteiger partial charge < -0.3 is 15.0 Å². The molecule has 0 bridgehead atoms. The highest BCUT2D eigenvalue weighted by Gasteiger charge is 2.34. The van der Waals surface area contributed by atoms with Crippen molar-refractivity contribution >= 4 is 29.5 Å². The summed E-state index contributed by atoms with van der Waals surface area (Å²) in [5.41, 5.74) is 0.870. The number of methoxy groups -OCH3 is 1. The second kappa shape index (κ2) is 7.07. The van der Waals surface area contributed by atoms with Gasteiger partial charge in [0, 0.05) is 18.0 Å². The number of hydrogen-bond donors (Lipinski definition) is 1. The number of nitrogens with zero attached hydrogens (tertiary/aromatic N) is 2. The van der Waals surface area contributed by atoms with Gasteiger partial charge in [-0.3, -0.25) is 19.4 Å². The van der Waals surface area contributed by atoms with Crippen molar-refractivity contribution in [1.29, 1.82) is 0 Å². The molecule has 1 atom stereocenters. The Hall–Kier alpha value is -2.09. The smallest absolute Gasteiger partial charge is 0.325 e. The first-order chi connectivity index (χ1) is 10.1. The summed E-state index contributed by atoms with van der Waals surface area (Å²) in [5, 5.41) is 2.19. The molecule has 0 aliphatic carbocycles. The Balaban J connectivity index is 1.98. The van der Waals surface area contributed by atoms with Gasteiger partial charge >= 0.3 is 5.97 Å². The molecule has 8 heteroatoms. The normalized spacial score (nSPS) is 17.7. The van der Waals surface area contributed by atoms with Crippen LogP contribution in [-0.2, 0) is 19.1 Å². The van der Waals surface area contributed by atoms with Crippen LogP contribution in [-0.4, -0.2) is 53.6 Å². The van der Waals surface area contributed by atoms with Crippen LogP contribution in [0.4, 0.5) is 0 Å². The molecule has 1 fully saturated rings. The molecule has 21 heavy (non-hydrogen) atoms. The van der Waals surface area contributed by atoms with E-state index in [4.69, 9.17) is 0 Å². The van der Waals surface area contributed by atoms with E-state index in [-0.39, 0.29) is 24.4 Å². The van der Waals surface area contributed by atoms with Crippen molar-refractivity contribution in [2.45, 2.75) is 5.37 Å². The monoisotopic (exact) mass is 309 g/mol. The van der Waals surface area contributed by atoms with Crippen molar-refractivity contribution < 1.29 is 19.1 Å². The largest absolute Gasteiger partial charge is 0.468 e. The number of rotatable bonds is 5. The molecule has 1 unspecified atom stereocenters. The zero-order chi connectivity index (χ0) is 15.2. The summed E-state index contributed by atoms with van der Waals surface area (Å²) in [6, 6.07) is 3.65. The number of carbonyl (C=O) groups is 3. The van der Waals surface area contributed by atoms with Crippen molar-refractivity contribution in [3.8, 4) is 0 Å². The number of ether oxygens (including phenoxy) is 1. The number of nitrogens with one attached hydrogen (secondary N) is 1. The fourth-order valence-electron chi connectivity index (χ4n) is 1.88. The van der Waals surface area contributed by atoms with Crippen molar-refractivity contribution in [2.75, 3.05) is 26.0 Å². The van der Waals surface area contributed by atoms with Crippen LogP contribution >= 0.6 is 11.8 Å². The van der Waals surface area contributed by atoms with Gasteiger partial charge in [0.15, 0.2) is 0 Å². The van der Waals surface area contributed by atoms with Crippen LogP contribution in [0.1, 0.15) is 10.9 Å². The first kappa shape index (κ1) is 15.3. The van der Waals surface area contributed by atoms with Crippen LogP contribution in [0.5, 0.6) is 0 Å². The maximum Gasteiger partial charge on any atom is 0.325 e. The maximum absolute atomic E-state index is 11.9. The van der Waals surface area contributed by atoms with Crippen LogP contribution in [0.25, 0.3) is 0 Å². The third-order valence-corrected chi connectivity index (χ3v) is 4.17. The standard InChI is InChI=1S/C13H15N3O4S/c1-20-12(19)6-15-10(17)7-16-11(18)8-21-13(16)9-3-2-4-14-5-9/h2-5,13H,6-8H2,1H3,(H,15,17). The quantitative estimate of drug-likeness (QED) is 0.767. The van der Waals surface area contributed by atoms with E-state index in [0.29, 0.717) is 5.75 Å². The second-order valence-electron chi connectivity index (χ2n) is 4.32. The Morgan fingerprint density at radius 2 is 2.38 bits per heavy atom. The third-order valence-electron chi connectivity index (χ3n) is 2.91. The van der Waals surface area contributed by atoms with E-state index in [1.54, 1.807) is 18.5 Å². The van der Waals surface area contributed by atoms with E-state index < -0.39 is 11.9 Å². The molecule has 0 saturated carbocycles. The van der Waals surface area contributed by atoms with E-state index in [1.165, 1.54) is 23.8 Å². The number of amides is 2. The summed E-state index contributed by atoms with van der Waals surface area (Å²) in [6.07, 6.45) is 3.33. The van der Waals surface area contributed by atoms with Gasteiger partial charge in [0.2, 0.25) is 11.8 Å². The number of thioether (sulfide) groups is 1. The minimum atomic E-state index is -0.533. The molecule has 1 aromatic rings. The lowest BCUT2D eigenvalue weighted by Gasteiger charge is -2.23. The minimum absolute atomic E-state index is 0.0949. The summed E-state index contributed by atoms with van der Waals surface area (Å²) < 4.78 is 4.44. The Morgan fingerprint density at radius 1 is 1.57 bits per heavy atom. The Morgan fingerprint density at radius 3 is 3.05 bits per heavy atom. The predicted octanol–water partition coefficient (Wildman–Crippen LogP) is -0.0552. The average molecular weight is 309 g/mol. The van der Waals surface area contributed by atoms with E-state index in [1.807, 2.05) is 6.07 Å². The molecule has 1 N–H and O–H groups in total. The summed E-state index contributed by atoms with van der Waals surface area (Å²) in [4.78, 5) is 40.2. The molecule has 1 aliphatic heterocycles. The first-order valence-corrected chi connectivity index (χ1v) is 7.31. The second-order valence-corrected chi connectivity index (χ2v) is 5.39. The lowest BCUT2D eigenvalue weighted by atomic mass is 10.2. The maximum atomic E-state index is 11.9. The van der Waals surface area contributed by atoms with Crippen LogP contribution in [0.3, 0.4) is 0 Å². The fraction of sp³-hybridized carbons (Fsp3) is 0.385. The third kappa shape index (κ3) is 3.94. The van der Waals surface area contributed by atoms with Gasteiger partial charge in [0.25, 0.3) is 0 Å². The molecule has 1 aliphatic rings. The summed E-state index contributed by atoms with van der Waals surface area (Å²) in [6.45, 7) is -0.301. The number of pyridine rings is 1. The molecule has 1 aromatic heterocycles. The SMILES string of the molecule is COC(=O)CNC(=O)CN1C(=O)CSC1c1cccnc1. The van der Waals surface area contributed by atoms with Gasteiger partial charge in [-0.2, -0.15) is 0 Å². The lowest BCUT2D eigenvalue weighted by Crippen LogP contribution is -2.41. The molecule has 2 heterocycles. The molecule has 7 nitrogen and oxygen atoms in total. The van der Waals surface area contributed by atoms with E-state index in [2.05, 4.69) is 15.0 Å². The molecule has 0 aromatic carbocycles. The number of hydrogen-bond acceptors (Lipinski definition) is 6. The Labute approximate surface area is 126 Å². The highest BCUT2D eigenvalue weighted by molar-refractivity contribution is 8.00. The molecular weight excluding hydrogens is 294 g/mol.